The van der Waals surface area contributed by atoms with Crippen LogP contribution >= 0.6 is 0 Å². The Morgan fingerprint density at radius 3 is 2.11 bits per heavy atom. The average Bonchev–Trinajstić information content (AvgIpc) is 2.91. The fourth-order valence-electron chi connectivity index (χ4n) is 4.73. The van der Waals surface area contributed by atoms with E-state index in [-0.39, 0.29) is 40.4 Å². The Hall–Kier alpha value is -4.86. The van der Waals surface area contributed by atoms with E-state index in [0.29, 0.717) is 33.9 Å². The molecule has 0 radical (unpaired) electrons. The molecule has 0 spiro atoms. The number of hydrogen-bond donors (Lipinski definition) is 2. The summed E-state index contributed by atoms with van der Waals surface area (Å²) in [7, 11) is 5.86. The first-order valence-electron chi connectivity index (χ1n) is 11.5. The van der Waals surface area contributed by atoms with Crippen LogP contribution in [0, 0.1) is 0 Å². The van der Waals surface area contributed by atoms with Crippen molar-refractivity contribution in [1.29, 1.82) is 0 Å². The van der Waals surface area contributed by atoms with Gasteiger partial charge in [0.1, 0.15) is 28.2 Å². The number of methoxy groups -OCH3 is 4. The minimum Gasteiger partial charge on any atom is -0.507 e. The van der Waals surface area contributed by atoms with Gasteiger partial charge in [0.15, 0.2) is 28.4 Å². The lowest BCUT2D eigenvalue weighted by Crippen LogP contribution is -2.22. The molecule has 38 heavy (non-hydrogen) atoms. The van der Waals surface area contributed by atoms with Crippen LogP contribution in [0.3, 0.4) is 0 Å². The van der Waals surface area contributed by atoms with Gasteiger partial charge in [-0.25, -0.2) is 0 Å². The molecule has 1 aliphatic rings. The molecule has 2 heterocycles. The van der Waals surface area contributed by atoms with Gasteiger partial charge < -0.3 is 38.3 Å². The molecule has 0 saturated carbocycles. The predicted molar refractivity (Wildman–Crippen MR) is 136 cm³/mol. The number of rotatable bonds is 6. The Morgan fingerprint density at radius 2 is 1.50 bits per heavy atom. The van der Waals surface area contributed by atoms with Crippen LogP contribution in [0.4, 0.5) is 0 Å². The average molecular weight is 520 g/mol. The zero-order valence-corrected chi connectivity index (χ0v) is 21.0. The van der Waals surface area contributed by atoms with Crippen molar-refractivity contribution >= 4 is 16.9 Å². The Morgan fingerprint density at radius 1 is 0.816 bits per heavy atom. The molecule has 4 aromatic rings. The Kier molecular flexibility index (Phi) is 6.23. The molecule has 3 aromatic carbocycles. The van der Waals surface area contributed by atoms with Crippen molar-refractivity contribution < 1.29 is 43.1 Å². The second kappa shape index (κ2) is 9.55. The van der Waals surface area contributed by atoms with Crippen molar-refractivity contribution in [2.24, 2.45) is 0 Å². The van der Waals surface area contributed by atoms with Gasteiger partial charge >= 0.3 is 5.97 Å². The normalized spacial score (nSPS) is 14.5. The molecule has 1 aliphatic heterocycles. The van der Waals surface area contributed by atoms with Gasteiger partial charge in [0.05, 0.1) is 34.9 Å². The number of carbonyl (C=O) groups is 1. The van der Waals surface area contributed by atoms with Gasteiger partial charge in [-0.2, -0.15) is 0 Å². The maximum absolute atomic E-state index is 13.2. The first kappa shape index (κ1) is 24.8. The van der Waals surface area contributed by atoms with E-state index in [9.17, 15) is 19.8 Å². The van der Waals surface area contributed by atoms with Crippen LogP contribution < -0.4 is 29.1 Å². The molecule has 5 rings (SSSR count). The van der Waals surface area contributed by atoms with Crippen molar-refractivity contribution in [3.63, 3.8) is 0 Å². The maximum atomic E-state index is 13.2. The molecule has 1 unspecified atom stereocenters. The molecule has 2 N–H and O–H groups in total. The number of fused-ring (bicyclic) bond motifs is 3. The number of aromatic hydroxyl groups is 2. The summed E-state index contributed by atoms with van der Waals surface area (Å²) in [4.78, 5) is 25.8. The van der Waals surface area contributed by atoms with Gasteiger partial charge in [-0.3, -0.25) is 9.59 Å². The molecule has 0 aliphatic carbocycles. The van der Waals surface area contributed by atoms with Crippen LogP contribution in [0.2, 0.25) is 0 Å². The smallest absolute Gasteiger partial charge is 0.312 e. The van der Waals surface area contributed by atoms with Crippen LogP contribution in [0.15, 0.2) is 51.7 Å². The number of benzene rings is 3. The van der Waals surface area contributed by atoms with Crippen molar-refractivity contribution in [3.8, 4) is 51.6 Å². The van der Waals surface area contributed by atoms with E-state index < -0.39 is 23.1 Å². The summed E-state index contributed by atoms with van der Waals surface area (Å²) in [5.74, 6) is -0.147. The quantitative estimate of drug-likeness (QED) is 0.279. The second-order valence-electron chi connectivity index (χ2n) is 8.56. The summed E-state index contributed by atoms with van der Waals surface area (Å²) in [6.07, 6.45) is -0.0806. The fraction of sp³-hybridized carbons (Fsp3) is 0.214. The van der Waals surface area contributed by atoms with Gasteiger partial charge in [-0.05, 0) is 35.9 Å². The lowest BCUT2D eigenvalue weighted by Gasteiger charge is -2.27. The summed E-state index contributed by atoms with van der Waals surface area (Å²) in [5, 5.41) is 20.9. The molecule has 0 bridgehead atoms. The number of phenolic OH excluding ortho intramolecular Hbond substituents is 2. The zero-order chi connectivity index (χ0) is 27.1. The lowest BCUT2D eigenvalue weighted by atomic mass is 9.84. The fourth-order valence-corrected chi connectivity index (χ4v) is 4.73. The summed E-state index contributed by atoms with van der Waals surface area (Å²) < 4.78 is 33.1. The highest BCUT2D eigenvalue weighted by Gasteiger charge is 2.35. The van der Waals surface area contributed by atoms with Gasteiger partial charge in [0.2, 0.25) is 5.75 Å². The van der Waals surface area contributed by atoms with Gasteiger partial charge in [0.25, 0.3) is 0 Å². The third-order valence-corrected chi connectivity index (χ3v) is 6.48. The largest absolute Gasteiger partial charge is 0.507 e. The molecule has 0 amide bonds. The lowest BCUT2D eigenvalue weighted by molar-refractivity contribution is -0.135. The zero-order valence-electron chi connectivity index (χ0n) is 21.0. The predicted octanol–water partition coefficient (Wildman–Crippen LogP) is 4.35. The first-order chi connectivity index (χ1) is 18.3. The van der Waals surface area contributed by atoms with Gasteiger partial charge in [-0.15, -0.1) is 0 Å². The SMILES string of the molecule is COc1ccc(-c2cc(=O)c3c(O)cc4c(c3o2)C(c2cc(OC)c(OC)c(OC)c2)CC(=O)O4)cc1O. The van der Waals surface area contributed by atoms with Crippen molar-refractivity contribution in [1.82, 2.24) is 0 Å². The first-order valence-corrected chi connectivity index (χ1v) is 11.5. The monoisotopic (exact) mass is 520 g/mol. The van der Waals surface area contributed by atoms with Crippen molar-refractivity contribution in [2.75, 3.05) is 28.4 Å². The Bertz CT molecular complexity index is 1610. The van der Waals surface area contributed by atoms with E-state index in [4.69, 9.17) is 28.1 Å². The van der Waals surface area contributed by atoms with Gasteiger partial charge in [-0.1, -0.05) is 0 Å². The van der Waals surface area contributed by atoms with Crippen molar-refractivity contribution in [2.45, 2.75) is 12.3 Å². The molecule has 0 fully saturated rings. The summed E-state index contributed by atoms with van der Waals surface area (Å²) in [6.45, 7) is 0. The van der Waals surface area contributed by atoms with Crippen LogP contribution in [0.25, 0.3) is 22.3 Å². The van der Waals surface area contributed by atoms with E-state index in [1.807, 2.05) is 0 Å². The number of esters is 1. The third kappa shape index (κ3) is 4.00. The third-order valence-electron chi connectivity index (χ3n) is 6.48. The van der Waals surface area contributed by atoms with Crippen LogP contribution in [-0.2, 0) is 4.79 Å². The molecular weight excluding hydrogens is 496 g/mol. The molecule has 10 nitrogen and oxygen atoms in total. The number of ether oxygens (including phenoxy) is 5. The van der Waals surface area contributed by atoms with E-state index in [0.717, 1.165) is 0 Å². The summed E-state index contributed by atoms with van der Waals surface area (Å²) in [6, 6.07) is 10.4. The van der Waals surface area contributed by atoms with E-state index in [2.05, 4.69) is 0 Å². The Balaban J connectivity index is 1.79. The number of hydrogen-bond acceptors (Lipinski definition) is 10. The minimum atomic E-state index is -0.647. The van der Waals surface area contributed by atoms with Crippen LogP contribution in [0.5, 0.6) is 40.2 Å². The second-order valence-corrected chi connectivity index (χ2v) is 8.56. The summed E-state index contributed by atoms with van der Waals surface area (Å²) >= 11 is 0. The van der Waals surface area contributed by atoms with Gasteiger partial charge in [0, 0.05) is 29.2 Å². The Labute approximate surface area is 216 Å². The highest BCUT2D eigenvalue weighted by molar-refractivity contribution is 5.93. The maximum Gasteiger partial charge on any atom is 0.312 e. The highest BCUT2D eigenvalue weighted by Crippen LogP contribution is 2.49. The van der Waals surface area contributed by atoms with Crippen LogP contribution in [-0.4, -0.2) is 44.6 Å². The minimum absolute atomic E-state index is 0.0454. The van der Waals surface area contributed by atoms with E-state index in [1.165, 1.54) is 52.7 Å². The van der Waals surface area contributed by atoms with Crippen molar-refractivity contribution in [3.05, 3.63) is 63.8 Å². The number of phenols is 2. The highest BCUT2D eigenvalue weighted by atomic mass is 16.5. The molecule has 10 heteroatoms. The molecular formula is C28H24O10. The van der Waals surface area contributed by atoms with Crippen LogP contribution in [0.1, 0.15) is 23.5 Å². The molecule has 1 aromatic heterocycles. The standard InChI is InChI=1S/C28H24O10/c1-33-19-6-5-13(7-16(19)29)20-11-17(30)26-18(31)12-21-25(28(26)38-20)15(10-24(32)37-21)14-8-22(34-2)27(36-4)23(9-14)35-3/h5-9,11-12,15,29,31H,10H2,1-4H3. The van der Waals surface area contributed by atoms with E-state index in [1.54, 1.807) is 18.2 Å². The molecule has 0 saturated heterocycles. The number of carbonyl (C=O) groups excluding carboxylic acids is 1. The van der Waals surface area contributed by atoms with E-state index >= 15 is 0 Å². The summed E-state index contributed by atoms with van der Waals surface area (Å²) in [5.41, 5.74) is 0.931. The molecule has 1 atom stereocenters. The molecule has 196 valence electrons. The topological polar surface area (TPSA) is 134 Å².